The number of rotatable bonds is 3. The van der Waals surface area contributed by atoms with Gasteiger partial charge in [0.15, 0.2) is 0 Å². The molecule has 0 aliphatic carbocycles. The number of nitrogens with two attached hydrogens (primary N) is 1. The van der Waals surface area contributed by atoms with Gasteiger partial charge in [0.05, 0.1) is 6.61 Å². The highest BCUT2D eigenvalue weighted by Gasteiger charge is 2.20. The number of aromatic nitrogens is 2. The molecular weight excluding hydrogens is 238 g/mol. The van der Waals surface area contributed by atoms with Crippen LogP contribution in [0.5, 0.6) is 5.75 Å². The van der Waals surface area contributed by atoms with Crippen molar-refractivity contribution in [2.24, 2.45) is 0 Å². The number of ether oxygens (including phenoxy) is 1. The van der Waals surface area contributed by atoms with Crippen molar-refractivity contribution in [2.75, 3.05) is 12.3 Å². The molecule has 3 rings (SSSR count). The molecule has 0 amide bonds. The van der Waals surface area contributed by atoms with E-state index in [4.69, 9.17) is 15.5 Å². The average molecular weight is 257 g/mol. The highest BCUT2D eigenvalue weighted by molar-refractivity contribution is 5.76. The lowest BCUT2D eigenvalue weighted by atomic mass is 10.1. The molecule has 0 saturated carbocycles. The summed E-state index contributed by atoms with van der Waals surface area (Å²) in [6, 6.07) is 7.96. The van der Waals surface area contributed by atoms with E-state index in [-0.39, 0.29) is 0 Å². The molecule has 0 radical (unpaired) electrons. The quantitative estimate of drug-likeness (QED) is 0.919. The van der Waals surface area contributed by atoms with Crippen LogP contribution in [0.25, 0.3) is 11.3 Å². The molecule has 1 aliphatic heterocycles. The number of para-hydroxylation sites is 1. The highest BCUT2D eigenvalue weighted by atomic mass is 16.5. The van der Waals surface area contributed by atoms with Crippen molar-refractivity contribution in [3.8, 4) is 17.0 Å². The van der Waals surface area contributed by atoms with Crippen LogP contribution < -0.4 is 10.5 Å². The van der Waals surface area contributed by atoms with E-state index in [0.717, 1.165) is 41.6 Å². The molecule has 2 N–H and O–H groups in total. The number of imidazole rings is 1. The molecule has 4 heteroatoms. The lowest BCUT2D eigenvalue weighted by molar-refractivity contribution is 0.341. The molecule has 1 aliphatic rings. The molecule has 0 saturated heterocycles. The number of hydrogen-bond donors (Lipinski definition) is 1. The van der Waals surface area contributed by atoms with E-state index in [0.29, 0.717) is 6.61 Å². The fourth-order valence-corrected chi connectivity index (χ4v) is 2.65. The smallest absolute Gasteiger partial charge is 0.131 e. The van der Waals surface area contributed by atoms with E-state index < -0.39 is 0 Å². The number of fused-ring (bicyclic) bond motifs is 1. The van der Waals surface area contributed by atoms with Gasteiger partial charge in [0.1, 0.15) is 23.1 Å². The minimum absolute atomic E-state index is 0.643. The van der Waals surface area contributed by atoms with Gasteiger partial charge >= 0.3 is 0 Å². The summed E-state index contributed by atoms with van der Waals surface area (Å²) in [6.07, 6.45) is 3.39. The van der Waals surface area contributed by atoms with Crippen molar-refractivity contribution in [3.63, 3.8) is 0 Å². The zero-order valence-electron chi connectivity index (χ0n) is 11.2. The second-order valence-corrected chi connectivity index (χ2v) is 4.80. The molecule has 19 heavy (non-hydrogen) atoms. The first-order valence-electron chi connectivity index (χ1n) is 6.88. The third-order valence-electron chi connectivity index (χ3n) is 3.56. The van der Waals surface area contributed by atoms with Gasteiger partial charge in [-0.25, -0.2) is 4.98 Å². The molecular formula is C15H19N3O. The van der Waals surface area contributed by atoms with Crippen LogP contribution in [-0.2, 0) is 13.0 Å². The topological polar surface area (TPSA) is 53.1 Å². The summed E-state index contributed by atoms with van der Waals surface area (Å²) in [6.45, 7) is 3.60. The van der Waals surface area contributed by atoms with Gasteiger partial charge in [0.2, 0.25) is 0 Å². The largest absolute Gasteiger partial charge is 0.493 e. The minimum Gasteiger partial charge on any atom is -0.493 e. The first-order valence-corrected chi connectivity index (χ1v) is 6.88. The Labute approximate surface area is 113 Å². The molecule has 100 valence electrons. The van der Waals surface area contributed by atoms with Crippen molar-refractivity contribution in [2.45, 2.75) is 32.7 Å². The molecule has 1 aromatic heterocycles. The van der Waals surface area contributed by atoms with Crippen molar-refractivity contribution in [1.82, 2.24) is 9.55 Å². The molecule has 0 unspecified atom stereocenters. The summed E-state index contributed by atoms with van der Waals surface area (Å²) in [4.78, 5) is 4.72. The standard InChI is InChI=1S/C15H19N3O/c1-2-19-12-8-4-3-7-11(12)14-15(16)18-10-6-5-9-13(18)17-14/h3-4,7-8H,2,5-6,9-10,16H2,1H3. The maximum Gasteiger partial charge on any atom is 0.131 e. The van der Waals surface area contributed by atoms with E-state index in [2.05, 4.69) is 4.57 Å². The normalized spacial score (nSPS) is 14.2. The van der Waals surface area contributed by atoms with Crippen LogP contribution in [0.2, 0.25) is 0 Å². The SMILES string of the molecule is CCOc1ccccc1-c1nc2n(c1N)CCCC2. The lowest BCUT2D eigenvalue weighted by Gasteiger charge is -2.14. The van der Waals surface area contributed by atoms with Gasteiger partial charge in [-0.3, -0.25) is 0 Å². The lowest BCUT2D eigenvalue weighted by Crippen LogP contribution is -2.12. The summed E-state index contributed by atoms with van der Waals surface area (Å²) in [5.41, 5.74) is 8.12. The van der Waals surface area contributed by atoms with E-state index in [1.165, 1.54) is 12.8 Å². The second-order valence-electron chi connectivity index (χ2n) is 4.80. The third-order valence-corrected chi connectivity index (χ3v) is 3.56. The predicted octanol–water partition coefficient (Wildman–Crippen LogP) is 2.87. The van der Waals surface area contributed by atoms with Gasteiger partial charge in [-0.1, -0.05) is 12.1 Å². The van der Waals surface area contributed by atoms with E-state index in [1.807, 2.05) is 31.2 Å². The predicted molar refractivity (Wildman–Crippen MR) is 76.2 cm³/mol. The second kappa shape index (κ2) is 4.96. The Bertz CT molecular complexity index is 589. The van der Waals surface area contributed by atoms with Crippen molar-refractivity contribution in [1.29, 1.82) is 0 Å². The van der Waals surface area contributed by atoms with E-state index in [1.54, 1.807) is 0 Å². The number of hydrogen-bond acceptors (Lipinski definition) is 3. The van der Waals surface area contributed by atoms with Gasteiger partial charge in [-0.15, -0.1) is 0 Å². The van der Waals surface area contributed by atoms with E-state index >= 15 is 0 Å². The Morgan fingerprint density at radius 1 is 1.32 bits per heavy atom. The average Bonchev–Trinajstić information content (AvgIpc) is 2.78. The highest BCUT2D eigenvalue weighted by Crippen LogP contribution is 2.35. The first kappa shape index (κ1) is 12.1. The van der Waals surface area contributed by atoms with Crippen LogP contribution in [0.1, 0.15) is 25.6 Å². The van der Waals surface area contributed by atoms with Gasteiger partial charge < -0.3 is 15.0 Å². The van der Waals surface area contributed by atoms with Crippen LogP contribution in [-0.4, -0.2) is 16.2 Å². The zero-order valence-corrected chi connectivity index (χ0v) is 11.2. The van der Waals surface area contributed by atoms with Crippen molar-refractivity contribution < 1.29 is 4.74 Å². The molecule has 0 bridgehead atoms. The summed E-state index contributed by atoms with van der Waals surface area (Å²) >= 11 is 0. The monoisotopic (exact) mass is 257 g/mol. The molecule has 0 atom stereocenters. The Kier molecular flexibility index (Phi) is 3.15. The minimum atomic E-state index is 0.643. The van der Waals surface area contributed by atoms with E-state index in [9.17, 15) is 0 Å². The van der Waals surface area contributed by atoms with Crippen LogP contribution in [0.15, 0.2) is 24.3 Å². The Morgan fingerprint density at radius 2 is 2.16 bits per heavy atom. The maximum absolute atomic E-state index is 6.27. The molecule has 0 spiro atoms. The fraction of sp³-hybridized carbons (Fsp3) is 0.400. The zero-order chi connectivity index (χ0) is 13.2. The maximum atomic E-state index is 6.27. The van der Waals surface area contributed by atoms with Crippen LogP contribution in [0.4, 0.5) is 5.82 Å². The molecule has 2 heterocycles. The van der Waals surface area contributed by atoms with Crippen molar-refractivity contribution >= 4 is 5.82 Å². The Morgan fingerprint density at radius 3 is 2.95 bits per heavy atom. The number of anilines is 1. The fourth-order valence-electron chi connectivity index (χ4n) is 2.65. The summed E-state index contributed by atoms with van der Waals surface area (Å²) in [5.74, 6) is 2.72. The molecule has 2 aromatic rings. The van der Waals surface area contributed by atoms with Crippen LogP contribution in [0, 0.1) is 0 Å². The molecule has 4 nitrogen and oxygen atoms in total. The Balaban J connectivity index is 2.09. The molecule has 1 aromatic carbocycles. The van der Waals surface area contributed by atoms with Crippen LogP contribution >= 0.6 is 0 Å². The van der Waals surface area contributed by atoms with Gasteiger partial charge in [0.25, 0.3) is 0 Å². The number of aryl methyl sites for hydroxylation is 1. The van der Waals surface area contributed by atoms with Gasteiger partial charge in [-0.2, -0.15) is 0 Å². The molecule has 0 fully saturated rings. The third kappa shape index (κ3) is 2.07. The Hall–Kier alpha value is -1.97. The first-order chi connectivity index (χ1) is 9.31. The van der Waals surface area contributed by atoms with Gasteiger partial charge in [-0.05, 0) is 31.9 Å². The van der Waals surface area contributed by atoms with Crippen LogP contribution in [0.3, 0.4) is 0 Å². The number of benzene rings is 1. The van der Waals surface area contributed by atoms with Gasteiger partial charge in [0, 0.05) is 18.5 Å². The van der Waals surface area contributed by atoms with Crippen molar-refractivity contribution in [3.05, 3.63) is 30.1 Å². The summed E-state index contributed by atoms with van der Waals surface area (Å²) < 4.78 is 7.81. The summed E-state index contributed by atoms with van der Waals surface area (Å²) in [5, 5.41) is 0. The number of nitrogens with zero attached hydrogens (tertiary/aromatic N) is 2. The summed E-state index contributed by atoms with van der Waals surface area (Å²) in [7, 11) is 0. The number of nitrogen functional groups attached to an aromatic ring is 1.